The molecule has 5 nitrogen and oxygen atoms in total. The summed E-state index contributed by atoms with van der Waals surface area (Å²) in [6.45, 7) is 3.29. The van der Waals surface area contributed by atoms with Crippen LogP contribution in [0.3, 0.4) is 0 Å². The number of methoxy groups -OCH3 is 1. The molecule has 0 saturated heterocycles. The van der Waals surface area contributed by atoms with Gasteiger partial charge in [-0.15, -0.1) is 10.2 Å². The molecule has 6 heteroatoms. The highest BCUT2D eigenvalue weighted by Crippen LogP contribution is 2.23. The summed E-state index contributed by atoms with van der Waals surface area (Å²) >= 11 is 1.58. The van der Waals surface area contributed by atoms with Crippen molar-refractivity contribution in [3.8, 4) is 6.07 Å². The molecule has 0 aliphatic carbocycles. The van der Waals surface area contributed by atoms with Crippen molar-refractivity contribution < 1.29 is 4.74 Å². The summed E-state index contributed by atoms with van der Waals surface area (Å²) in [5.74, 6) is 1.58. The maximum absolute atomic E-state index is 9.08. The van der Waals surface area contributed by atoms with Crippen LogP contribution in [0.15, 0.2) is 29.4 Å². The van der Waals surface area contributed by atoms with Gasteiger partial charge in [0.15, 0.2) is 5.16 Å². The topological polar surface area (TPSA) is 63.7 Å². The van der Waals surface area contributed by atoms with E-state index in [9.17, 15) is 0 Å². The van der Waals surface area contributed by atoms with E-state index in [0.717, 1.165) is 23.1 Å². The zero-order valence-corrected chi connectivity index (χ0v) is 12.4. The van der Waals surface area contributed by atoms with Crippen molar-refractivity contribution in [2.45, 2.75) is 24.4 Å². The summed E-state index contributed by atoms with van der Waals surface area (Å²) in [6, 6.07) is 9.82. The van der Waals surface area contributed by atoms with E-state index in [0.29, 0.717) is 17.9 Å². The Morgan fingerprint density at radius 3 is 2.90 bits per heavy atom. The van der Waals surface area contributed by atoms with Crippen LogP contribution in [0.5, 0.6) is 0 Å². The van der Waals surface area contributed by atoms with Crippen molar-refractivity contribution in [2.75, 3.05) is 13.7 Å². The molecular weight excluding hydrogens is 272 g/mol. The van der Waals surface area contributed by atoms with E-state index >= 15 is 0 Å². The molecule has 0 radical (unpaired) electrons. The Morgan fingerprint density at radius 2 is 2.15 bits per heavy atom. The maximum Gasteiger partial charge on any atom is 0.191 e. The highest BCUT2D eigenvalue weighted by molar-refractivity contribution is 7.98. The Bertz CT molecular complexity index is 618. The van der Waals surface area contributed by atoms with Crippen LogP contribution < -0.4 is 0 Å². The predicted octanol–water partition coefficient (Wildman–Crippen LogP) is 2.40. The first-order valence-corrected chi connectivity index (χ1v) is 7.24. The quantitative estimate of drug-likeness (QED) is 0.764. The molecular formula is C14H16N4OS. The standard InChI is InChI=1S/C14H16N4OS/c1-11-16-17-14(18(11)7-8-19-2)20-10-13-6-4-3-5-12(13)9-15/h3-6H,7-8,10H2,1-2H3. The zero-order valence-electron chi connectivity index (χ0n) is 11.5. The minimum atomic E-state index is 0.626. The van der Waals surface area contributed by atoms with Gasteiger partial charge in [-0.05, 0) is 18.6 Å². The van der Waals surface area contributed by atoms with E-state index in [-0.39, 0.29) is 0 Å². The number of hydrogen-bond acceptors (Lipinski definition) is 5. The Morgan fingerprint density at radius 1 is 1.35 bits per heavy atom. The van der Waals surface area contributed by atoms with Crippen LogP contribution in [0, 0.1) is 18.3 Å². The van der Waals surface area contributed by atoms with Crippen LogP contribution in [-0.4, -0.2) is 28.5 Å². The van der Waals surface area contributed by atoms with Gasteiger partial charge >= 0.3 is 0 Å². The van der Waals surface area contributed by atoms with Crippen molar-refractivity contribution in [3.05, 3.63) is 41.2 Å². The fourth-order valence-corrected chi connectivity index (χ4v) is 2.82. The third-order valence-corrected chi connectivity index (χ3v) is 3.93. The van der Waals surface area contributed by atoms with Gasteiger partial charge in [0.2, 0.25) is 0 Å². The maximum atomic E-state index is 9.08. The molecule has 0 bridgehead atoms. The number of hydrogen-bond donors (Lipinski definition) is 0. The summed E-state index contributed by atoms with van der Waals surface area (Å²) in [5, 5.41) is 18.2. The summed E-state index contributed by atoms with van der Waals surface area (Å²) in [6.07, 6.45) is 0. The lowest BCUT2D eigenvalue weighted by Gasteiger charge is -2.08. The normalized spacial score (nSPS) is 10.4. The largest absolute Gasteiger partial charge is 0.383 e. The van der Waals surface area contributed by atoms with Crippen LogP contribution in [0.2, 0.25) is 0 Å². The molecule has 0 N–H and O–H groups in total. The fourth-order valence-electron chi connectivity index (χ4n) is 1.81. The molecule has 2 rings (SSSR count). The zero-order chi connectivity index (χ0) is 14.4. The average molecular weight is 288 g/mol. The molecule has 0 amide bonds. The van der Waals surface area contributed by atoms with Gasteiger partial charge in [-0.3, -0.25) is 0 Å². The molecule has 0 unspecified atom stereocenters. The van der Waals surface area contributed by atoms with Crippen molar-refractivity contribution in [1.82, 2.24) is 14.8 Å². The monoisotopic (exact) mass is 288 g/mol. The van der Waals surface area contributed by atoms with Gasteiger partial charge in [-0.1, -0.05) is 30.0 Å². The average Bonchev–Trinajstić information content (AvgIpc) is 2.83. The van der Waals surface area contributed by atoms with Gasteiger partial charge in [-0.2, -0.15) is 5.26 Å². The number of aryl methyl sites for hydroxylation is 1. The first-order valence-electron chi connectivity index (χ1n) is 6.25. The number of thioether (sulfide) groups is 1. The lowest BCUT2D eigenvalue weighted by atomic mass is 10.1. The number of aromatic nitrogens is 3. The summed E-state index contributed by atoms with van der Waals surface area (Å²) in [4.78, 5) is 0. The Labute approximate surface area is 122 Å². The molecule has 2 aromatic rings. The molecule has 0 fully saturated rings. The third-order valence-electron chi connectivity index (χ3n) is 2.92. The highest BCUT2D eigenvalue weighted by Gasteiger charge is 2.10. The molecule has 1 heterocycles. The van der Waals surface area contributed by atoms with Gasteiger partial charge in [0.25, 0.3) is 0 Å². The highest BCUT2D eigenvalue weighted by atomic mass is 32.2. The van der Waals surface area contributed by atoms with Crippen LogP contribution in [-0.2, 0) is 17.0 Å². The van der Waals surface area contributed by atoms with E-state index in [1.165, 1.54) is 0 Å². The van der Waals surface area contributed by atoms with E-state index in [1.54, 1.807) is 18.9 Å². The number of nitriles is 1. The molecule has 0 aliphatic rings. The number of benzene rings is 1. The van der Waals surface area contributed by atoms with Crippen LogP contribution in [0.1, 0.15) is 17.0 Å². The van der Waals surface area contributed by atoms with Crippen molar-refractivity contribution in [2.24, 2.45) is 0 Å². The number of nitrogens with zero attached hydrogens (tertiary/aromatic N) is 4. The first kappa shape index (κ1) is 14.6. The Balaban J connectivity index is 2.09. The van der Waals surface area contributed by atoms with E-state index in [4.69, 9.17) is 10.00 Å². The smallest absolute Gasteiger partial charge is 0.191 e. The number of rotatable bonds is 6. The Kier molecular flexibility index (Phi) is 5.16. The van der Waals surface area contributed by atoms with Crippen molar-refractivity contribution in [1.29, 1.82) is 5.26 Å². The molecule has 1 aromatic heterocycles. The van der Waals surface area contributed by atoms with Gasteiger partial charge < -0.3 is 9.30 Å². The lowest BCUT2D eigenvalue weighted by Crippen LogP contribution is -2.07. The molecule has 0 aliphatic heterocycles. The second-order valence-electron chi connectivity index (χ2n) is 4.23. The van der Waals surface area contributed by atoms with Gasteiger partial charge in [0.05, 0.1) is 18.2 Å². The van der Waals surface area contributed by atoms with Gasteiger partial charge in [-0.25, -0.2) is 0 Å². The van der Waals surface area contributed by atoms with E-state index in [2.05, 4.69) is 16.3 Å². The molecule has 104 valence electrons. The predicted molar refractivity (Wildman–Crippen MR) is 77.4 cm³/mol. The van der Waals surface area contributed by atoms with E-state index < -0.39 is 0 Å². The first-order chi connectivity index (χ1) is 9.76. The molecule has 0 atom stereocenters. The van der Waals surface area contributed by atoms with Crippen molar-refractivity contribution >= 4 is 11.8 Å². The minimum Gasteiger partial charge on any atom is -0.383 e. The van der Waals surface area contributed by atoms with Gasteiger partial charge in [0.1, 0.15) is 5.82 Å². The fraction of sp³-hybridized carbons (Fsp3) is 0.357. The summed E-state index contributed by atoms with van der Waals surface area (Å²) in [5.41, 5.74) is 1.72. The second-order valence-corrected chi connectivity index (χ2v) is 5.17. The Hall–Kier alpha value is -1.84. The van der Waals surface area contributed by atoms with Gasteiger partial charge in [0, 0.05) is 19.4 Å². The molecule has 20 heavy (non-hydrogen) atoms. The third kappa shape index (κ3) is 3.38. The number of ether oxygens (including phenoxy) is 1. The minimum absolute atomic E-state index is 0.626. The van der Waals surface area contributed by atoms with Crippen LogP contribution >= 0.6 is 11.8 Å². The van der Waals surface area contributed by atoms with Crippen LogP contribution in [0.4, 0.5) is 0 Å². The summed E-state index contributed by atoms with van der Waals surface area (Å²) in [7, 11) is 1.68. The van der Waals surface area contributed by atoms with E-state index in [1.807, 2.05) is 35.8 Å². The second kappa shape index (κ2) is 7.08. The van der Waals surface area contributed by atoms with Crippen molar-refractivity contribution in [3.63, 3.8) is 0 Å². The molecule has 1 aromatic carbocycles. The molecule has 0 spiro atoms. The summed E-state index contributed by atoms with van der Waals surface area (Å²) < 4.78 is 7.13. The lowest BCUT2D eigenvalue weighted by molar-refractivity contribution is 0.184. The molecule has 0 saturated carbocycles. The SMILES string of the molecule is COCCn1c(C)nnc1SCc1ccccc1C#N. The van der Waals surface area contributed by atoms with Crippen LogP contribution in [0.25, 0.3) is 0 Å².